The van der Waals surface area contributed by atoms with Crippen LogP contribution in [0.4, 0.5) is 63.1 Å². The molecule has 0 heterocycles. The van der Waals surface area contributed by atoms with E-state index in [1.165, 1.54) is 0 Å². The Morgan fingerprint density at radius 2 is 0.776 bits per heavy atom. The molecule has 0 aromatic heterocycles. The van der Waals surface area contributed by atoms with Crippen molar-refractivity contribution in [1.29, 1.82) is 0 Å². The van der Waals surface area contributed by atoms with Gasteiger partial charge in [0, 0.05) is 49.2 Å². The molecule has 4 amide bonds. The lowest BCUT2D eigenvalue weighted by molar-refractivity contribution is -0.566. The second kappa shape index (κ2) is 32.3. The molecule has 4 atom stereocenters. The Morgan fingerprint density at radius 3 is 1.14 bits per heavy atom. The van der Waals surface area contributed by atoms with E-state index in [0.29, 0.717) is 64.2 Å². The minimum absolute atomic E-state index is 0.0118. The van der Waals surface area contributed by atoms with E-state index >= 15 is 0 Å². The minimum Gasteiger partial charge on any atom is -0.450 e. The second-order valence-corrected chi connectivity index (χ2v) is 16.4. The standard InChI is InChI=1S/C43H58F10N4O19/c1-3-31(58)70-25-72-33(60)17-7-5-9-19-66-35(62)54-27-13-11-15-29(21-27)56-37(64)68-23-39(44,45)74-41(48,49)42(50,51)76-43(52,53)75-40(46,47)24-69-38(65)57-30-16-12-14-28(22-30)55-36(63)67-20-10-6-8-18-34(61)73-26-71-32(59)4-2/h3-4,27-30H,1-2,5-26H2,(H,54,62)(H,55,63)(H,56,64)(H,57,65). The predicted molar refractivity (Wildman–Crippen MR) is 229 cm³/mol. The summed E-state index contributed by atoms with van der Waals surface area (Å²) in [6, 6.07) is -3.03. The van der Waals surface area contributed by atoms with Crippen LogP contribution in [0.1, 0.15) is 103 Å². The van der Waals surface area contributed by atoms with Gasteiger partial charge in [-0.15, -0.1) is 8.78 Å². The summed E-state index contributed by atoms with van der Waals surface area (Å²) in [5, 5.41) is 9.18. The second-order valence-electron chi connectivity index (χ2n) is 16.4. The van der Waals surface area contributed by atoms with Crippen LogP contribution in [0.25, 0.3) is 0 Å². The molecule has 0 radical (unpaired) electrons. The van der Waals surface area contributed by atoms with E-state index in [0.717, 1.165) is 12.2 Å². The average Bonchev–Trinajstić information content (AvgIpc) is 3.31. The van der Waals surface area contributed by atoms with Gasteiger partial charge in [0.25, 0.3) is 0 Å². The highest BCUT2D eigenvalue weighted by atomic mass is 19.3. The Hall–Kier alpha value is -6.38. The molecule has 76 heavy (non-hydrogen) atoms. The van der Waals surface area contributed by atoms with Crippen LogP contribution < -0.4 is 21.3 Å². The third-order valence-electron chi connectivity index (χ3n) is 10.2. The van der Waals surface area contributed by atoms with Crippen LogP contribution in [0.3, 0.4) is 0 Å². The maximum Gasteiger partial charge on any atom is 0.495 e. The van der Waals surface area contributed by atoms with Crippen molar-refractivity contribution in [3.63, 3.8) is 0 Å². The Labute approximate surface area is 426 Å². The number of rotatable bonds is 33. The smallest absolute Gasteiger partial charge is 0.450 e. The number of ether oxygens (including phenoxy) is 11. The highest BCUT2D eigenvalue weighted by Gasteiger charge is 2.69. The number of carbonyl (C=O) groups excluding carboxylic acids is 8. The highest BCUT2D eigenvalue weighted by Crippen LogP contribution is 2.44. The molecule has 2 saturated carbocycles. The van der Waals surface area contributed by atoms with Gasteiger partial charge in [-0.3, -0.25) is 9.59 Å². The summed E-state index contributed by atoms with van der Waals surface area (Å²) in [7, 11) is 0. The van der Waals surface area contributed by atoms with Gasteiger partial charge in [-0.05, 0) is 89.9 Å². The van der Waals surface area contributed by atoms with Gasteiger partial charge in [0.1, 0.15) is 0 Å². The van der Waals surface area contributed by atoms with Gasteiger partial charge in [0.15, 0.2) is 13.2 Å². The van der Waals surface area contributed by atoms with Crippen molar-refractivity contribution in [3.8, 4) is 0 Å². The van der Waals surface area contributed by atoms with Crippen LogP contribution >= 0.6 is 0 Å². The average molecular weight is 1120 g/mol. The lowest BCUT2D eigenvalue weighted by Crippen LogP contribution is -2.54. The Morgan fingerprint density at radius 1 is 0.434 bits per heavy atom. The first-order valence-electron chi connectivity index (χ1n) is 23.2. The third kappa shape index (κ3) is 28.5. The van der Waals surface area contributed by atoms with Gasteiger partial charge in [-0.1, -0.05) is 13.2 Å². The van der Waals surface area contributed by atoms with Crippen LogP contribution in [0.2, 0.25) is 0 Å². The molecule has 0 aromatic carbocycles. The molecule has 4 N–H and O–H groups in total. The molecule has 0 aliphatic heterocycles. The van der Waals surface area contributed by atoms with Gasteiger partial charge in [0.05, 0.1) is 13.2 Å². The van der Waals surface area contributed by atoms with Crippen LogP contribution in [0.5, 0.6) is 0 Å². The number of hydrogen-bond acceptors (Lipinski definition) is 19. The Bertz CT molecular complexity index is 1940. The molecule has 2 aliphatic rings. The maximum absolute atomic E-state index is 14.2. The monoisotopic (exact) mass is 1120 g/mol. The van der Waals surface area contributed by atoms with Crippen molar-refractivity contribution >= 4 is 48.3 Å². The summed E-state index contributed by atoms with van der Waals surface area (Å²) in [5.74, 6) is -2.83. The van der Waals surface area contributed by atoms with Gasteiger partial charge in [-0.25, -0.2) is 43.0 Å². The van der Waals surface area contributed by atoms with Gasteiger partial charge in [-0.2, -0.15) is 35.1 Å². The van der Waals surface area contributed by atoms with Crippen LogP contribution in [0.15, 0.2) is 25.3 Å². The first-order chi connectivity index (χ1) is 35.5. The van der Waals surface area contributed by atoms with E-state index in [-0.39, 0.29) is 51.7 Å². The van der Waals surface area contributed by atoms with E-state index in [9.17, 15) is 82.3 Å². The van der Waals surface area contributed by atoms with E-state index in [1.807, 2.05) is 0 Å². The van der Waals surface area contributed by atoms with Crippen molar-refractivity contribution in [1.82, 2.24) is 21.3 Å². The van der Waals surface area contributed by atoms with Crippen LogP contribution in [0, 0.1) is 0 Å². The molecule has 2 aliphatic carbocycles. The lowest BCUT2D eigenvalue weighted by atomic mass is 9.91. The number of carbonyl (C=O) groups is 8. The number of alkyl halides is 10. The van der Waals surface area contributed by atoms with Crippen molar-refractivity contribution in [2.75, 3.05) is 40.0 Å². The zero-order valence-electron chi connectivity index (χ0n) is 40.5. The summed E-state index contributed by atoms with van der Waals surface area (Å²) >= 11 is 0. The number of alkyl carbamates (subject to hydrolysis) is 4. The van der Waals surface area contributed by atoms with Gasteiger partial charge < -0.3 is 59.2 Å². The van der Waals surface area contributed by atoms with E-state index in [2.05, 4.69) is 77.1 Å². The number of hydrogen-bond donors (Lipinski definition) is 4. The summed E-state index contributed by atoms with van der Waals surface area (Å²) in [6.45, 7) is 0.0621. The predicted octanol–water partition coefficient (Wildman–Crippen LogP) is 7.07. The number of halogens is 10. The number of amides is 4. The summed E-state index contributed by atoms with van der Waals surface area (Å²) < 4.78 is 186. The molecule has 23 nitrogen and oxygen atoms in total. The van der Waals surface area contributed by atoms with Crippen molar-refractivity contribution in [2.45, 2.75) is 158 Å². The lowest BCUT2D eigenvalue weighted by Gasteiger charge is -2.32. The van der Waals surface area contributed by atoms with Crippen LogP contribution in [-0.2, 0) is 71.3 Å². The fourth-order valence-electron chi connectivity index (χ4n) is 6.74. The molecular formula is C43H58F10N4O19. The summed E-state index contributed by atoms with van der Waals surface area (Å²) in [5.41, 5.74) is 0. The zero-order valence-corrected chi connectivity index (χ0v) is 40.5. The first-order valence-corrected chi connectivity index (χ1v) is 23.2. The molecular weight excluding hydrogens is 1070 g/mol. The van der Waals surface area contributed by atoms with Crippen molar-refractivity contribution < 1.29 is 134 Å². The molecule has 33 heteroatoms. The van der Waals surface area contributed by atoms with Crippen molar-refractivity contribution in [2.24, 2.45) is 0 Å². The Balaban J connectivity index is 1.70. The summed E-state index contributed by atoms with van der Waals surface area (Å²) in [6.07, 6.45) is -30.5. The minimum atomic E-state index is -6.87. The first kappa shape index (κ1) is 65.7. The summed E-state index contributed by atoms with van der Waals surface area (Å²) in [4.78, 5) is 93.7. The quantitative estimate of drug-likeness (QED) is 0.0128. The molecule has 2 rings (SSSR count). The Kier molecular flexibility index (Phi) is 27.9. The van der Waals surface area contributed by atoms with Gasteiger partial charge in [0.2, 0.25) is 13.6 Å². The molecule has 0 aromatic rings. The van der Waals surface area contributed by atoms with E-state index in [1.54, 1.807) is 0 Å². The SMILES string of the molecule is C=CC(=O)OCOC(=O)CCCCCOC(=O)NC1CCCC(NC(=O)OCC(F)(F)OC(F)(F)OC(F)(F)C(F)(F)OC(F)(F)COC(=O)NC2CCCC(NC(=O)OCCCCCC(=O)OCOC(=O)C=C)C2)C1. The fourth-order valence-corrected chi connectivity index (χ4v) is 6.74. The maximum atomic E-state index is 14.2. The largest absolute Gasteiger partial charge is 0.495 e. The van der Waals surface area contributed by atoms with E-state index in [4.69, 9.17) is 9.47 Å². The molecule has 0 spiro atoms. The molecule has 0 saturated heterocycles. The number of nitrogens with one attached hydrogen (secondary N) is 4. The van der Waals surface area contributed by atoms with Crippen LogP contribution in [-0.4, -0.2) is 143 Å². The fraction of sp³-hybridized carbons (Fsp3) is 0.721. The molecule has 2 fully saturated rings. The molecule has 4 unspecified atom stereocenters. The normalized spacial score (nSPS) is 18.1. The highest BCUT2D eigenvalue weighted by molar-refractivity contribution is 5.81. The topological polar surface area (TPSA) is 286 Å². The number of unbranched alkanes of at least 4 members (excludes halogenated alkanes) is 4. The zero-order chi connectivity index (χ0) is 57.0. The van der Waals surface area contributed by atoms with E-state index < -0.39 is 130 Å². The third-order valence-corrected chi connectivity index (χ3v) is 10.2. The number of esters is 4. The molecule has 434 valence electrons. The van der Waals surface area contributed by atoms with Crippen molar-refractivity contribution in [3.05, 3.63) is 25.3 Å². The van der Waals surface area contributed by atoms with Gasteiger partial charge >= 0.3 is 79.0 Å². The molecule has 0 bridgehead atoms.